The zero-order valence-corrected chi connectivity index (χ0v) is 13.3. The van der Waals surface area contributed by atoms with E-state index < -0.39 is 11.1 Å². The number of nitrogens with one attached hydrogen (secondary N) is 1. The number of hydrogen-bond acceptors (Lipinski definition) is 4. The Labute approximate surface area is 126 Å². The molecule has 0 bridgehead atoms. The topological polar surface area (TPSA) is 66.7 Å². The lowest BCUT2D eigenvalue weighted by Gasteiger charge is -2.47. The summed E-state index contributed by atoms with van der Waals surface area (Å²) in [6.07, 6.45) is 3.82. The first kappa shape index (κ1) is 14.1. The van der Waals surface area contributed by atoms with Crippen LogP contribution in [0.5, 0.6) is 0 Å². The number of thiazole rings is 1. The van der Waals surface area contributed by atoms with E-state index in [9.17, 15) is 9.59 Å². The first-order valence-electron chi connectivity index (χ1n) is 6.77. The highest BCUT2D eigenvalue weighted by Crippen LogP contribution is 2.28. The van der Waals surface area contributed by atoms with Crippen LogP contribution in [0, 0.1) is 0 Å². The van der Waals surface area contributed by atoms with Gasteiger partial charge in [-0.25, -0.2) is 4.98 Å². The van der Waals surface area contributed by atoms with Crippen LogP contribution >= 0.6 is 11.3 Å². The molecule has 0 spiro atoms. The molecule has 6 nitrogen and oxygen atoms in total. The summed E-state index contributed by atoms with van der Waals surface area (Å²) in [5.41, 5.74) is -0.985. The summed E-state index contributed by atoms with van der Waals surface area (Å²) in [7, 11) is 0. The lowest BCUT2D eigenvalue weighted by atomic mass is 9.89. The summed E-state index contributed by atoms with van der Waals surface area (Å²) in [5.74, 6) is -0.239. The molecule has 2 aromatic rings. The maximum absolute atomic E-state index is 12.6. The molecule has 1 saturated heterocycles. The van der Waals surface area contributed by atoms with E-state index in [1.54, 1.807) is 43.9 Å². The molecule has 21 heavy (non-hydrogen) atoms. The van der Waals surface area contributed by atoms with Gasteiger partial charge in [-0.05, 0) is 27.7 Å². The number of aromatic nitrogens is 2. The molecule has 0 aliphatic carbocycles. The van der Waals surface area contributed by atoms with Crippen molar-refractivity contribution in [1.82, 2.24) is 19.6 Å². The first-order chi connectivity index (χ1) is 9.72. The van der Waals surface area contributed by atoms with Crippen LogP contribution in [0.25, 0.3) is 4.96 Å². The zero-order chi connectivity index (χ0) is 15.4. The molecular weight excluding hydrogens is 288 g/mol. The minimum atomic E-state index is -0.885. The molecule has 2 aromatic heterocycles. The number of hydrogen-bond donors (Lipinski definition) is 1. The van der Waals surface area contributed by atoms with Gasteiger partial charge < -0.3 is 10.2 Å². The molecule has 3 heterocycles. The average Bonchev–Trinajstić information content (AvgIpc) is 2.93. The fraction of sp³-hybridized carbons (Fsp3) is 0.500. The lowest BCUT2D eigenvalue weighted by Crippen LogP contribution is -2.71. The van der Waals surface area contributed by atoms with Gasteiger partial charge in [0, 0.05) is 17.8 Å². The van der Waals surface area contributed by atoms with E-state index in [4.69, 9.17) is 0 Å². The van der Waals surface area contributed by atoms with Crippen molar-refractivity contribution in [3.63, 3.8) is 0 Å². The van der Waals surface area contributed by atoms with Gasteiger partial charge in [-0.1, -0.05) is 0 Å². The molecule has 0 radical (unpaired) electrons. The van der Waals surface area contributed by atoms with Crippen molar-refractivity contribution in [2.45, 2.75) is 45.3 Å². The van der Waals surface area contributed by atoms with Crippen LogP contribution in [0.2, 0.25) is 0 Å². The summed E-state index contributed by atoms with van der Waals surface area (Å²) < 4.78 is 1.92. The largest absolute Gasteiger partial charge is 0.340 e. The van der Waals surface area contributed by atoms with Gasteiger partial charge in [0.05, 0.1) is 12.2 Å². The molecule has 1 aliphatic rings. The van der Waals surface area contributed by atoms with Gasteiger partial charge in [0.2, 0.25) is 11.8 Å². The number of carbonyl (C=O) groups is 2. The Morgan fingerprint density at radius 2 is 2.00 bits per heavy atom. The van der Waals surface area contributed by atoms with E-state index in [0.717, 1.165) is 10.7 Å². The van der Waals surface area contributed by atoms with Crippen LogP contribution in [-0.4, -0.2) is 37.2 Å². The van der Waals surface area contributed by atoms with E-state index in [-0.39, 0.29) is 11.8 Å². The summed E-state index contributed by atoms with van der Waals surface area (Å²) in [4.78, 5) is 31.9. The molecule has 1 fully saturated rings. The zero-order valence-electron chi connectivity index (χ0n) is 12.5. The van der Waals surface area contributed by atoms with Crippen LogP contribution in [0.1, 0.15) is 33.4 Å². The van der Waals surface area contributed by atoms with E-state index in [2.05, 4.69) is 10.3 Å². The Morgan fingerprint density at radius 1 is 1.29 bits per heavy atom. The normalized spacial score (nSPS) is 20.9. The Kier molecular flexibility index (Phi) is 2.88. The Bertz CT molecular complexity index is 700. The minimum Gasteiger partial charge on any atom is -0.340 e. The van der Waals surface area contributed by atoms with Crippen molar-refractivity contribution in [2.75, 3.05) is 0 Å². The highest BCUT2D eigenvalue weighted by Gasteiger charge is 2.50. The van der Waals surface area contributed by atoms with Gasteiger partial charge in [0.15, 0.2) is 4.96 Å². The number of piperazine rings is 1. The van der Waals surface area contributed by atoms with Crippen LogP contribution in [0.15, 0.2) is 17.8 Å². The quantitative estimate of drug-likeness (QED) is 0.912. The van der Waals surface area contributed by atoms with Crippen molar-refractivity contribution in [2.24, 2.45) is 0 Å². The lowest BCUT2D eigenvalue weighted by molar-refractivity contribution is -0.160. The second kappa shape index (κ2) is 4.30. The van der Waals surface area contributed by atoms with E-state index >= 15 is 0 Å². The first-order valence-corrected chi connectivity index (χ1v) is 7.65. The molecule has 1 N–H and O–H groups in total. The molecule has 2 amide bonds. The van der Waals surface area contributed by atoms with Crippen molar-refractivity contribution in [1.29, 1.82) is 0 Å². The smallest absolute Gasteiger partial charge is 0.248 e. The highest BCUT2D eigenvalue weighted by atomic mass is 32.1. The van der Waals surface area contributed by atoms with Gasteiger partial charge in [-0.15, -0.1) is 11.3 Å². The third kappa shape index (κ3) is 2.12. The second-order valence-corrected chi connectivity index (χ2v) is 7.23. The number of imidazole rings is 1. The third-order valence-electron chi connectivity index (χ3n) is 3.90. The van der Waals surface area contributed by atoms with Crippen molar-refractivity contribution in [3.05, 3.63) is 23.5 Å². The number of carbonyl (C=O) groups excluding carboxylic acids is 2. The van der Waals surface area contributed by atoms with Crippen molar-refractivity contribution < 1.29 is 9.59 Å². The van der Waals surface area contributed by atoms with Crippen molar-refractivity contribution in [3.8, 4) is 0 Å². The number of nitrogens with zero attached hydrogens (tertiary/aromatic N) is 3. The van der Waals surface area contributed by atoms with Crippen LogP contribution in [0.3, 0.4) is 0 Å². The molecule has 3 rings (SSSR count). The van der Waals surface area contributed by atoms with Crippen LogP contribution < -0.4 is 5.32 Å². The summed E-state index contributed by atoms with van der Waals surface area (Å²) in [5, 5.41) is 4.74. The predicted octanol–water partition coefficient (Wildman–Crippen LogP) is 1.41. The number of rotatable bonds is 2. The minimum absolute atomic E-state index is 0.0940. The maximum Gasteiger partial charge on any atom is 0.248 e. The van der Waals surface area contributed by atoms with Gasteiger partial charge in [0.1, 0.15) is 11.1 Å². The van der Waals surface area contributed by atoms with Crippen LogP contribution in [-0.2, 0) is 16.1 Å². The second-order valence-electron chi connectivity index (χ2n) is 6.35. The fourth-order valence-electron chi connectivity index (χ4n) is 2.49. The molecule has 0 aromatic carbocycles. The van der Waals surface area contributed by atoms with Gasteiger partial charge >= 0.3 is 0 Å². The molecule has 112 valence electrons. The monoisotopic (exact) mass is 306 g/mol. The molecular formula is C14H18N4O2S. The Morgan fingerprint density at radius 3 is 2.67 bits per heavy atom. The molecule has 1 aliphatic heterocycles. The Hall–Kier alpha value is -1.89. The van der Waals surface area contributed by atoms with E-state index in [1.807, 2.05) is 22.2 Å². The fourth-order valence-corrected chi connectivity index (χ4v) is 3.21. The van der Waals surface area contributed by atoms with Crippen molar-refractivity contribution >= 4 is 28.1 Å². The van der Waals surface area contributed by atoms with E-state index in [1.165, 1.54) is 0 Å². The summed E-state index contributed by atoms with van der Waals surface area (Å²) in [6, 6.07) is 0. The van der Waals surface area contributed by atoms with Gasteiger partial charge in [-0.3, -0.25) is 14.0 Å². The molecule has 7 heteroatoms. The highest BCUT2D eigenvalue weighted by molar-refractivity contribution is 7.15. The Balaban J connectivity index is 1.95. The van der Waals surface area contributed by atoms with Gasteiger partial charge in [0.25, 0.3) is 0 Å². The number of amides is 2. The molecule has 0 saturated carbocycles. The predicted molar refractivity (Wildman–Crippen MR) is 79.9 cm³/mol. The summed E-state index contributed by atoms with van der Waals surface area (Å²) >= 11 is 1.54. The van der Waals surface area contributed by atoms with Crippen LogP contribution in [0.4, 0.5) is 0 Å². The van der Waals surface area contributed by atoms with Gasteiger partial charge in [-0.2, -0.15) is 0 Å². The standard InChI is InChI=1S/C14H18N4O2S/c1-13(2)11(20)18(14(3,4)10(19)16-13)8-9-7-17-5-6-21-12(17)15-9/h5-7H,8H2,1-4H3,(H,16,19). The SMILES string of the molecule is CC1(C)NC(=O)C(C)(C)N(Cc2cn3ccsc3n2)C1=O. The average molecular weight is 306 g/mol. The number of fused-ring (bicyclic) bond motifs is 1. The van der Waals surface area contributed by atoms with E-state index in [0.29, 0.717) is 6.54 Å². The molecule has 0 unspecified atom stereocenters. The summed E-state index contributed by atoms with van der Waals surface area (Å²) in [6.45, 7) is 7.29. The third-order valence-corrected chi connectivity index (χ3v) is 4.67. The molecule has 0 atom stereocenters. The maximum atomic E-state index is 12.6.